The summed E-state index contributed by atoms with van der Waals surface area (Å²) >= 11 is 0. The second-order valence-corrected chi connectivity index (χ2v) is 4.48. The van der Waals surface area contributed by atoms with Gasteiger partial charge >= 0.3 is 5.97 Å². The molecule has 2 heterocycles. The SMILES string of the molecule is C=C1CN2C[C@H](F)C[C@@]2(C(=O)OC)C1C. The second kappa shape index (κ2) is 3.30. The van der Waals surface area contributed by atoms with Gasteiger partial charge in [0.05, 0.1) is 7.11 Å². The minimum atomic E-state index is -0.931. The molecule has 84 valence electrons. The molecule has 1 unspecified atom stereocenters. The molecule has 0 aromatic rings. The van der Waals surface area contributed by atoms with Crippen molar-refractivity contribution in [3.05, 3.63) is 12.2 Å². The fourth-order valence-corrected chi connectivity index (χ4v) is 2.88. The van der Waals surface area contributed by atoms with Gasteiger partial charge in [0.15, 0.2) is 0 Å². The Kier molecular flexibility index (Phi) is 2.34. The summed E-state index contributed by atoms with van der Waals surface area (Å²) in [5, 5.41) is 0. The first-order valence-electron chi connectivity index (χ1n) is 5.17. The Morgan fingerprint density at radius 3 is 3.00 bits per heavy atom. The smallest absolute Gasteiger partial charge is 0.327 e. The quantitative estimate of drug-likeness (QED) is 0.483. The summed E-state index contributed by atoms with van der Waals surface area (Å²) < 4.78 is 18.2. The first kappa shape index (κ1) is 10.6. The van der Waals surface area contributed by atoms with Crippen molar-refractivity contribution < 1.29 is 13.9 Å². The number of alkyl halides is 1. The van der Waals surface area contributed by atoms with Crippen molar-refractivity contribution >= 4 is 5.97 Å². The first-order chi connectivity index (χ1) is 7.02. The number of fused-ring (bicyclic) bond motifs is 1. The van der Waals surface area contributed by atoms with E-state index in [1.807, 2.05) is 11.8 Å². The monoisotopic (exact) mass is 213 g/mol. The zero-order chi connectivity index (χ0) is 11.2. The Morgan fingerprint density at radius 2 is 2.40 bits per heavy atom. The number of methoxy groups -OCH3 is 1. The van der Waals surface area contributed by atoms with Crippen molar-refractivity contribution in [1.29, 1.82) is 0 Å². The van der Waals surface area contributed by atoms with Gasteiger partial charge in [0, 0.05) is 25.4 Å². The number of nitrogens with zero attached hydrogens (tertiary/aromatic N) is 1. The van der Waals surface area contributed by atoms with Crippen molar-refractivity contribution in [1.82, 2.24) is 4.90 Å². The van der Waals surface area contributed by atoms with E-state index in [0.29, 0.717) is 13.1 Å². The molecule has 15 heavy (non-hydrogen) atoms. The van der Waals surface area contributed by atoms with Gasteiger partial charge in [-0.2, -0.15) is 0 Å². The van der Waals surface area contributed by atoms with Crippen molar-refractivity contribution in [2.24, 2.45) is 5.92 Å². The third-order valence-electron chi connectivity index (χ3n) is 3.78. The van der Waals surface area contributed by atoms with Crippen LogP contribution < -0.4 is 0 Å². The summed E-state index contributed by atoms with van der Waals surface area (Å²) in [5.74, 6) is -0.348. The van der Waals surface area contributed by atoms with E-state index in [9.17, 15) is 9.18 Å². The number of rotatable bonds is 1. The molecule has 0 aliphatic carbocycles. The van der Waals surface area contributed by atoms with E-state index < -0.39 is 11.7 Å². The third kappa shape index (κ3) is 1.24. The maximum absolute atomic E-state index is 13.4. The number of halogens is 1. The Hall–Kier alpha value is -0.900. The summed E-state index contributed by atoms with van der Waals surface area (Å²) in [6.45, 7) is 6.79. The van der Waals surface area contributed by atoms with Gasteiger partial charge < -0.3 is 4.74 Å². The molecule has 4 heteroatoms. The van der Waals surface area contributed by atoms with Gasteiger partial charge in [-0.1, -0.05) is 19.1 Å². The Balaban J connectivity index is 2.38. The van der Waals surface area contributed by atoms with Crippen LogP contribution >= 0.6 is 0 Å². The molecule has 0 aromatic carbocycles. The van der Waals surface area contributed by atoms with Crippen molar-refractivity contribution in [3.8, 4) is 0 Å². The van der Waals surface area contributed by atoms with E-state index in [0.717, 1.165) is 5.57 Å². The summed E-state index contributed by atoms with van der Waals surface area (Å²) in [7, 11) is 1.36. The molecule has 3 nitrogen and oxygen atoms in total. The molecule has 0 spiro atoms. The summed E-state index contributed by atoms with van der Waals surface area (Å²) in [6.07, 6.45) is -0.695. The highest BCUT2D eigenvalue weighted by molar-refractivity contribution is 5.83. The lowest BCUT2D eigenvalue weighted by Crippen LogP contribution is -2.50. The van der Waals surface area contributed by atoms with Gasteiger partial charge in [-0.25, -0.2) is 4.39 Å². The van der Waals surface area contributed by atoms with Crippen LogP contribution in [0.5, 0.6) is 0 Å². The molecule has 0 saturated carbocycles. The summed E-state index contributed by atoms with van der Waals surface area (Å²) in [5.41, 5.74) is 0.206. The van der Waals surface area contributed by atoms with Crippen LogP contribution in [0.2, 0.25) is 0 Å². The van der Waals surface area contributed by atoms with E-state index in [1.54, 1.807) is 0 Å². The lowest BCUT2D eigenvalue weighted by molar-refractivity contribution is -0.153. The minimum absolute atomic E-state index is 0.0225. The fraction of sp³-hybridized carbons (Fsp3) is 0.727. The minimum Gasteiger partial charge on any atom is -0.468 e. The van der Waals surface area contributed by atoms with E-state index in [1.165, 1.54) is 7.11 Å². The zero-order valence-corrected chi connectivity index (χ0v) is 9.12. The van der Waals surface area contributed by atoms with Crippen molar-refractivity contribution in [2.45, 2.75) is 25.1 Å². The number of hydrogen-bond acceptors (Lipinski definition) is 3. The highest BCUT2D eigenvalue weighted by atomic mass is 19.1. The molecule has 0 N–H and O–H groups in total. The average molecular weight is 213 g/mol. The Bertz CT molecular complexity index is 318. The maximum atomic E-state index is 13.4. The standard InChI is InChI=1S/C11H16FNO2/c1-7-5-13-6-9(12)4-11(13,8(7)2)10(14)15-3/h8-9H,1,4-6H2,2-3H3/t8?,9-,11+/m1/s1. The van der Waals surface area contributed by atoms with E-state index >= 15 is 0 Å². The topological polar surface area (TPSA) is 29.5 Å². The molecule has 0 radical (unpaired) electrons. The number of esters is 1. The van der Waals surface area contributed by atoms with Crippen molar-refractivity contribution in [2.75, 3.05) is 20.2 Å². The van der Waals surface area contributed by atoms with Crippen LogP contribution in [0.1, 0.15) is 13.3 Å². The Morgan fingerprint density at radius 1 is 1.73 bits per heavy atom. The predicted molar refractivity (Wildman–Crippen MR) is 54.1 cm³/mol. The lowest BCUT2D eigenvalue weighted by atomic mass is 9.82. The van der Waals surface area contributed by atoms with Crippen LogP contribution in [0.15, 0.2) is 12.2 Å². The molecule has 2 aliphatic heterocycles. The number of hydrogen-bond donors (Lipinski definition) is 0. The van der Waals surface area contributed by atoms with Crippen LogP contribution in [-0.4, -0.2) is 42.8 Å². The largest absolute Gasteiger partial charge is 0.468 e. The molecular formula is C11H16FNO2. The molecule has 3 atom stereocenters. The van der Waals surface area contributed by atoms with Gasteiger partial charge in [-0.15, -0.1) is 0 Å². The van der Waals surface area contributed by atoms with Crippen LogP contribution in [0.25, 0.3) is 0 Å². The third-order valence-corrected chi connectivity index (χ3v) is 3.78. The molecule has 2 saturated heterocycles. The lowest BCUT2D eigenvalue weighted by Gasteiger charge is -2.31. The van der Waals surface area contributed by atoms with Crippen LogP contribution in [-0.2, 0) is 9.53 Å². The van der Waals surface area contributed by atoms with Gasteiger partial charge in [0.25, 0.3) is 0 Å². The fourth-order valence-electron chi connectivity index (χ4n) is 2.88. The molecule has 2 fully saturated rings. The number of ether oxygens (including phenoxy) is 1. The number of carbonyl (C=O) groups is 1. The molecule has 0 bridgehead atoms. The van der Waals surface area contributed by atoms with Gasteiger partial charge in [0.2, 0.25) is 0 Å². The highest BCUT2D eigenvalue weighted by Crippen LogP contribution is 2.46. The average Bonchev–Trinajstić information content (AvgIpc) is 2.63. The summed E-state index contributed by atoms with van der Waals surface area (Å²) in [6, 6.07) is 0. The van der Waals surface area contributed by atoms with Crippen LogP contribution in [0.4, 0.5) is 4.39 Å². The molecular weight excluding hydrogens is 197 g/mol. The van der Waals surface area contributed by atoms with Gasteiger partial charge in [-0.3, -0.25) is 9.69 Å². The maximum Gasteiger partial charge on any atom is 0.327 e. The van der Waals surface area contributed by atoms with E-state index in [4.69, 9.17) is 4.74 Å². The first-order valence-corrected chi connectivity index (χ1v) is 5.17. The van der Waals surface area contributed by atoms with Crippen LogP contribution in [0, 0.1) is 5.92 Å². The van der Waals surface area contributed by atoms with Gasteiger partial charge in [0.1, 0.15) is 11.7 Å². The number of carbonyl (C=O) groups excluding carboxylic acids is 1. The second-order valence-electron chi connectivity index (χ2n) is 4.48. The van der Waals surface area contributed by atoms with Crippen molar-refractivity contribution in [3.63, 3.8) is 0 Å². The van der Waals surface area contributed by atoms with Gasteiger partial charge in [-0.05, 0) is 0 Å². The normalized spacial score (nSPS) is 40.6. The molecule has 2 rings (SSSR count). The predicted octanol–water partition coefficient (Wildman–Crippen LogP) is 1.15. The zero-order valence-electron chi connectivity index (χ0n) is 9.12. The highest BCUT2D eigenvalue weighted by Gasteiger charge is 2.60. The van der Waals surface area contributed by atoms with E-state index in [2.05, 4.69) is 6.58 Å². The summed E-state index contributed by atoms with van der Waals surface area (Å²) in [4.78, 5) is 13.7. The Labute approximate surface area is 88.9 Å². The molecule has 2 aliphatic rings. The molecule has 0 amide bonds. The molecule has 0 aromatic heterocycles. The van der Waals surface area contributed by atoms with E-state index in [-0.39, 0.29) is 18.3 Å². The van der Waals surface area contributed by atoms with Crippen LogP contribution in [0.3, 0.4) is 0 Å².